The molecule has 1 aliphatic heterocycles. The Kier molecular flexibility index (Phi) is 5.28. The number of benzene rings is 2. The number of hydrogen-bond acceptors (Lipinski definition) is 5. The first-order chi connectivity index (χ1) is 15.5. The molecule has 4 aromatic rings. The van der Waals surface area contributed by atoms with Crippen LogP contribution in [0.5, 0.6) is 0 Å². The van der Waals surface area contributed by atoms with Crippen LogP contribution in [0.15, 0.2) is 76.2 Å². The number of imidazole rings is 1. The van der Waals surface area contributed by atoms with Crippen molar-refractivity contribution in [1.82, 2.24) is 13.9 Å². The summed E-state index contributed by atoms with van der Waals surface area (Å²) in [5.41, 5.74) is 2.39. The van der Waals surface area contributed by atoms with E-state index in [0.717, 1.165) is 36.0 Å². The third-order valence-electron chi connectivity index (χ3n) is 5.51. The lowest BCUT2D eigenvalue weighted by Crippen LogP contribution is -2.35. The van der Waals surface area contributed by atoms with Crippen molar-refractivity contribution >= 4 is 32.9 Å². The number of para-hydroxylation sites is 3. The van der Waals surface area contributed by atoms with Gasteiger partial charge in [0.1, 0.15) is 0 Å². The largest absolute Gasteiger partial charge is 0.438 e. The monoisotopic (exact) mass is 450 g/mol. The molecule has 32 heavy (non-hydrogen) atoms. The fourth-order valence-electron chi connectivity index (χ4n) is 3.92. The average molecular weight is 451 g/mol. The maximum atomic E-state index is 12.9. The van der Waals surface area contributed by atoms with Crippen molar-refractivity contribution in [3.63, 3.8) is 0 Å². The van der Waals surface area contributed by atoms with Crippen LogP contribution in [0.4, 0.5) is 5.95 Å². The third-order valence-corrected chi connectivity index (χ3v) is 7.29. The Hall–Kier alpha value is -3.43. The van der Waals surface area contributed by atoms with Crippen LogP contribution in [-0.4, -0.2) is 41.3 Å². The highest BCUT2D eigenvalue weighted by atomic mass is 32.2. The second-order valence-corrected chi connectivity index (χ2v) is 9.50. The van der Waals surface area contributed by atoms with Crippen LogP contribution in [0, 0.1) is 0 Å². The molecule has 1 amide bonds. The van der Waals surface area contributed by atoms with Crippen LogP contribution in [0.1, 0.15) is 29.8 Å². The minimum absolute atomic E-state index is 0.0905. The van der Waals surface area contributed by atoms with Gasteiger partial charge in [0.25, 0.3) is 15.9 Å². The van der Waals surface area contributed by atoms with Crippen molar-refractivity contribution < 1.29 is 17.6 Å². The Morgan fingerprint density at radius 2 is 1.62 bits per heavy atom. The van der Waals surface area contributed by atoms with E-state index in [0.29, 0.717) is 19.0 Å². The van der Waals surface area contributed by atoms with Gasteiger partial charge >= 0.3 is 0 Å². The van der Waals surface area contributed by atoms with Crippen LogP contribution >= 0.6 is 0 Å². The van der Waals surface area contributed by atoms with Crippen LogP contribution < -0.4 is 5.32 Å². The maximum absolute atomic E-state index is 12.9. The fourth-order valence-corrected chi connectivity index (χ4v) is 5.35. The van der Waals surface area contributed by atoms with Crippen LogP contribution in [-0.2, 0) is 10.0 Å². The Bertz CT molecular complexity index is 1370. The predicted octanol–water partition coefficient (Wildman–Crippen LogP) is 4.05. The molecule has 0 saturated carbocycles. The van der Waals surface area contributed by atoms with Gasteiger partial charge in [-0.05, 0) is 49.2 Å². The van der Waals surface area contributed by atoms with Crippen molar-refractivity contribution in [2.45, 2.75) is 24.4 Å². The molecule has 1 aliphatic rings. The average Bonchev–Trinajstić information content (AvgIpc) is 3.46. The normalized spacial score (nSPS) is 15.1. The predicted molar refractivity (Wildman–Crippen MR) is 120 cm³/mol. The summed E-state index contributed by atoms with van der Waals surface area (Å²) in [6, 6.07) is 19.8. The molecule has 1 saturated heterocycles. The molecule has 0 unspecified atom stereocenters. The fraction of sp³-hybridized carbons (Fsp3) is 0.217. The topological polar surface area (TPSA) is 97.4 Å². The number of hydrogen-bond donors (Lipinski definition) is 1. The van der Waals surface area contributed by atoms with Gasteiger partial charge in [0.15, 0.2) is 5.76 Å². The Balaban J connectivity index is 1.45. The smallest absolute Gasteiger partial charge is 0.293 e. The number of rotatable bonds is 5. The van der Waals surface area contributed by atoms with Gasteiger partial charge in [-0.1, -0.05) is 36.8 Å². The quantitative estimate of drug-likeness (QED) is 0.495. The summed E-state index contributed by atoms with van der Waals surface area (Å²) in [5.74, 6) is -0.343. The van der Waals surface area contributed by atoms with Crippen molar-refractivity contribution in [1.29, 1.82) is 0 Å². The number of furan rings is 1. The van der Waals surface area contributed by atoms with E-state index in [9.17, 15) is 13.2 Å². The summed E-state index contributed by atoms with van der Waals surface area (Å²) in [7, 11) is -3.75. The van der Waals surface area contributed by atoms with E-state index in [1.807, 2.05) is 59.2 Å². The molecule has 2 aromatic heterocycles. The lowest BCUT2D eigenvalue weighted by atomic mass is 10.2. The molecule has 8 nitrogen and oxygen atoms in total. The molecule has 0 radical (unpaired) electrons. The number of carbonyl (C=O) groups excluding carboxylic acids is 1. The molecule has 1 N–H and O–H groups in total. The molecule has 5 rings (SSSR count). The van der Waals surface area contributed by atoms with Crippen LogP contribution in [0.2, 0.25) is 0 Å². The van der Waals surface area contributed by atoms with Gasteiger partial charge in [-0.15, -0.1) is 0 Å². The zero-order chi connectivity index (χ0) is 22.1. The Morgan fingerprint density at radius 1 is 0.906 bits per heavy atom. The Morgan fingerprint density at radius 3 is 2.41 bits per heavy atom. The molecule has 3 heterocycles. The SMILES string of the molecule is O=C(Nc1nc2ccccc2n1-c1ccccc1)c1ccc(S(=O)(=O)N2CCCCC2)o1. The second kappa shape index (κ2) is 8.25. The second-order valence-electron chi connectivity index (χ2n) is 7.63. The first-order valence-corrected chi connectivity index (χ1v) is 11.9. The number of carbonyl (C=O) groups is 1. The highest BCUT2D eigenvalue weighted by Gasteiger charge is 2.30. The standard InChI is InChI=1S/C23H22N4O4S/c28-22(20-13-14-21(31-20)32(29,30)26-15-7-2-8-16-26)25-23-24-18-11-5-6-12-19(18)27(23)17-9-3-1-4-10-17/h1,3-6,9-14H,2,7-8,15-16H2,(H,24,25,28). The third kappa shape index (κ3) is 3.69. The number of nitrogens with one attached hydrogen (secondary N) is 1. The van der Waals surface area contributed by atoms with E-state index in [4.69, 9.17) is 4.42 Å². The number of aromatic nitrogens is 2. The highest BCUT2D eigenvalue weighted by molar-refractivity contribution is 7.89. The first kappa shape index (κ1) is 20.5. The van der Waals surface area contributed by atoms with E-state index in [-0.39, 0.29) is 10.9 Å². The summed E-state index contributed by atoms with van der Waals surface area (Å²) < 4.78 is 34.4. The number of piperidine rings is 1. The number of amides is 1. The lowest BCUT2D eigenvalue weighted by molar-refractivity contribution is 0.0990. The molecule has 164 valence electrons. The maximum Gasteiger partial charge on any atom is 0.293 e. The lowest BCUT2D eigenvalue weighted by Gasteiger charge is -2.24. The molecular formula is C23H22N4O4S. The summed E-state index contributed by atoms with van der Waals surface area (Å²) >= 11 is 0. The van der Waals surface area contributed by atoms with Gasteiger partial charge in [0.2, 0.25) is 11.0 Å². The first-order valence-electron chi connectivity index (χ1n) is 10.5. The van der Waals surface area contributed by atoms with Gasteiger partial charge in [0, 0.05) is 18.8 Å². The molecule has 0 spiro atoms. The van der Waals surface area contributed by atoms with E-state index in [2.05, 4.69) is 10.3 Å². The molecule has 0 bridgehead atoms. The van der Waals surface area contributed by atoms with E-state index >= 15 is 0 Å². The Labute approximate surface area is 185 Å². The molecule has 1 fully saturated rings. The molecule has 0 atom stereocenters. The summed E-state index contributed by atoms with van der Waals surface area (Å²) in [6.07, 6.45) is 2.66. The highest BCUT2D eigenvalue weighted by Crippen LogP contribution is 2.26. The van der Waals surface area contributed by atoms with Gasteiger partial charge in [-0.25, -0.2) is 13.4 Å². The number of fused-ring (bicyclic) bond motifs is 1. The minimum Gasteiger partial charge on any atom is -0.438 e. The van der Waals surface area contributed by atoms with E-state index < -0.39 is 15.9 Å². The zero-order valence-electron chi connectivity index (χ0n) is 17.3. The number of nitrogens with zero attached hydrogens (tertiary/aromatic N) is 3. The van der Waals surface area contributed by atoms with Gasteiger partial charge in [0.05, 0.1) is 11.0 Å². The molecule has 2 aromatic carbocycles. The number of anilines is 1. The van der Waals surface area contributed by atoms with E-state index in [1.165, 1.54) is 16.4 Å². The number of sulfonamides is 1. The van der Waals surface area contributed by atoms with E-state index in [1.54, 1.807) is 0 Å². The van der Waals surface area contributed by atoms with Crippen molar-refractivity contribution in [3.05, 3.63) is 72.5 Å². The summed E-state index contributed by atoms with van der Waals surface area (Å²) in [5, 5.41) is 2.55. The molecule has 9 heteroatoms. The summed E-state index contributed by atoms with van der Waals surface area (Å²) in [6.45, 7) is 0.928. The summed E-state index contributed by atoms with van der Waals surface area (Å²) in [4.78, 5) is 17.5. The molecular weight excluding hydrogens is 428 g/mol. The van der Waals surface area contributed by atoms with Gasteiger partial charge in [-0.2, -0.15) is 4.31 Å². The van der Waals surface area contributed by atoms with Crippen LogP contribution in [0.25, 0.3) is 16.7 Å². The molecule has 0 aliphatic carbocycles. The van der Waals surface area contributed by atoms with Gasteiger partial charge in [-0.3, -0.25) is 14.7 Å². The van der Waals surface area contributed by atoms with Crippen molar-refractivity contribution in [2.75, 3.05) is 18.4 Å². The zero-order valence-corrected chi connectivity index (χ0v) is 18.1. The minimum atomic E-state index is -3.75. The van der Waals surface area contributed by atoms with Crippen molar-refractivity contribution in [3.8, 4) is 5.69 Å². The van der Waals surface area contributed by atoms with Crippen molar-refractivity contribution in [2.24, 2.45) is 0 Å². The van der Waals surface area contributed by atoms with Gasteiger partial charge < -0.3 is 4.42 Å². The van der Waals surface area contributed by atoms with Crippen LogP contribution in [0.3, 0.4) is 0 Å².